The van der Waals surface area contributed by atoms with E-state index in [2.05, 4.69) is 32.1 Å². The van der Waals surface area contributed by atoms with Crippen LogP contribution in [0.4, 0.5) is 16.4 Å². The highest BCUT2D eigenvalue weighted by molar-refractivity contribution is 5.74. The number of hydrogen-bond acceptors (Lipinski definition) is 7. The second-order valence-corrected chi connectivity index (χ2v) is 12.0. The predicted molar refractivity (Wildman–Crippen MR) is 158 cm³/mol. The minimum Gasteiger partial charge on any atom is -0.464 e. The molecule has 1 aliphatic carbocycles. The van der Waals surface area contributed by atoms with E-state index < -0.39 is 0 Å². The van der Waals surface area contributed by atoms with Gasteiger partial charge in [-0.05, 0) is 88.1 Å². The van der Waals surface area contributed by atoms with Gasteiger partial charge in [-0.1, -0.05) is 0 Å². The van der Waals surface area contributed by atoms with Gasteiger partial charge in [0.2, 0.25) is 0 Å². The van der Waals surface area contributed by atoms with Crippen LogP contribution in [0.25, 0.3) is 11.3 Å². The molecule has 1 N–H and O–H groups in total. The molecule has 3 saturated heterocycles. The molecule has 0 spiro atoms. The Balaban J connectivity index is 0.968. The van der Waals surface area contributed by atoms with Gasteiger partial charge in [0.25, 0.3) is 0 Å². The largest absolute Gasteiger partial charge is 0.464 e. The zero-order chi connectivity index (χ0) is 27.1. The topological polar surface area (TPSA) is 77.3 Å². The lowest BCUT2D eigenvalue weighted by atomic mass is 9.84. The molecule has 2 amide bonds. The van der Waals surface area contributed by atoms with Gasteiger partial charge in [0.15, 0.2) is 0 Å². The van der Waals surface area contributed by atoms with Gasteiger partial charge in [0.1, 0.15) is 17.4 Å². The van der Waals surface area contributed by atoms with Gasteiger partial charge in [0, 0.05) is 64.0 Å². The molecule has 218 valence electrons. The number of aromatic nitrogens is 1. The number of carbonyl (C=O) groups is 1. The van der Waals surface area contributed by atoms with Crippen LogP contribution in [0.5, 0.6) is 0 Å². The first-order valence-corrected chi connectivity index (χ1v) is 15.6. The SMILES string of the molecule is O=C(NC1CCC(CCN2CCN(c3cc(-c4ccco4)cc(N4CCOCC4)n3)CC2)CC1)N1CCCCC1. The standard InChI is InChI=1S/C31H46N6O3/c38-31(37-11-2-1-3-12-37)32-27-8-6-25(7-9-27)10-13-34-14-16-35(17-15-34)29-23-26(28-5-4-20-40-28)24-30(33-29)36-18-21-39-22-19-36/h4-5,20,23-25,27H,1-3,6-19,21-22H2,(H,32,38). The van der Waals surface area contributed by atoms with Gasteiger partial charge < -0.3 is 29.2 Å². The monoisotopic (exact) mass is 550 g/mol. The van der Waals surface area contributed by atoms with Crippen molar-refractivity contribution in [3.63, 3.8) is 0 Å². The molecule has 3 aliphatic heterocycles. The zero-order valence-electron chi connectivity index (χ0n) is 23.9. The van der Waals surface area contributed by atoms with Crippen molar-refractivity contribution >= 4 is 17.7 Å². The summed E-state index contributed by atoms with van der Waals surface area (Å²) >= 11 is 0. The summed E-state index contributed by atoms with van der Waals surface area (Å²) in [4.78, 5) is 27.1. The number of likely N-dealkylation sites (tertiary alicyclic amines) is 1. The van der Waals surface area contributed by atoms with Gasteiger partial charge in [-0.15, -0.1) is 0 Å². The molecule has 0 atom stereocenters. The molecule has 40 heavy (non-hydrogen) atoms. The van der Waals surface area contributed by atoms with Crippen LogP contribution in [0, 0.1) is 5.92 Å². The van der Waals surface area contributed by atoms with Gasteiger partial charge in [-0.3, -0.25) is 4.90 Å². The van der Waals surface area contributed by atoms with Crippen LogP contribution in [0.1, 0.15) is 51.4 Å². The van der Waals surface area contributed by atoms with E-state index in [1.54, 1.807) is 6.26 Å². The molecule has 2 aromatic rings. The number of nitrogens with one attached hydrogen (secondary N) is 1. The summed E-state index contributed by atoms with van der Waals surface area (Å²) in [5.41, 5.74) is 1.08. The van der Waals surface area contributed by atoms with E-state index in [-0.39, 0.29) is 6.03 Å². The molecule has 5 heterocycles. The molecule has 0 radical (unpaired) electrons. The first kappa shape index (κ1) is 27.4. The minimum absolute atomic E-state index is 0.169. The van der Waals surface area contributed by atoms with E-state index in [1.165, 1.54) is 32.2 Å². The molecule has 2 aromatic heterocycles. The summed E-state index contributed by atoms with van der Waals surface area (Å²) in [7, 11) is 0. The first-order chi connectivity index (χ1) is 19.7. The third-order valence-corrected chi connectivity index (χ3v) is 9.31. The Morgan fingerprint density at radius 1 is 0.875 bits per heavy atom. The van der Waals surface area contributed by atoms with E-state index in [0.717, 1.165) is 120 Å². The number of piperidine rings is 1. The van der Waals surface area contributed by atoms with Crippen LogP contribution < -0.4 is 15.1 Å². The molecule has 0 unspecified atom stereocenters. The second-order valence-electron chi connectivity index (χ2n) is 12.0. The number of anilines is 2. The fraction of sp³-hybridized carbons (Fsp3) is 0.677. The quantitative estimate of drug-likeness (QED) is 0.546. The van der Waals surface area contributed by atoms with Crippen LogP contribution in [-0.4, -0.2) is 99.0 Å². The molecule has 9 nitrogen and oxygen atoms in total. The molecule has 4 aliphatic rings. The van der Waals surface area contributed by atoms with E-state index in [4.69, 9.17) is 14.1 Å². The molecular formula is C31H46N6O3. The van der Waals surface area contributed by atoms with Crippen molar-refractivity contribution in [2.24, 2.45) is 5.92 Å². The molecule has 4 fully saturated rings. The molecular weight excluding hydrogens is 504 g/mol. The van der Waals surface area contributed by atoms with E-state index in [1.807, 2.05) is 17.0 Å². The molecule has 9 heteroatoms. The van der Waals surface area contributed by atoms with Crippen molar-refractivity contribution in [2.75, 3.05) is 81.9 Å². The third-order valence-electron chi connectivity index (χ3n) is 9.31. The number of furan rings is 1. The number of amides is 2. The van der Waals surface area contributed by atoms with Crippen LogP contribution in [0.15, 0.2) is 34.9 Å². The van der Waals surface area contributed by atoms with Crippen LogP contribution in [0.2, 0.25) is 0 Å². The number of carbonyl (C=O) groups excluding carboxylic acids is 1. The summed E-state index contributed by atoms with van der Waals surface area (Å²) in [5, 5.41) is 3.32. The molecule has 6 rings (SSSR count). The van der Waals surface area contributed by atoms with Crippen molar-refractivity contribution in [2.45, 2.75) is 57.4 Å². The highest BCUT2D eigenvalue weighted by Gasteiger charge is 2.26. The Morgan fingerprint density at radius 2 is 1.57 bits per heavy atom. The number of ether oxygens (including phenoxy) is 1. The first-order valence-electron chi connectivity index (χ1n) is 15.6. The van der Waals surface area contributed by atoms with E-state index in [9.17, 15) is 4.79 Å². The maximum Gasteiger partial charge on any atom is 0.317 e. The third kappa shape index (κ3) is 6.92. The Bertz CT molecular complexity index is 1070. The Morgan fingerprint density at radius 3 is 2.25 bits per heavy atom. The average Bonchev–Trinajstić information content (AvgIpc) is 3.57. The van der Waals surface area contributed by atoms with Gasteiger partial charge in [-0.25, -0.2) is 9.78 Å². The fourth-order valence-corrected chi connectivity index (χ4v) is 6.73. The summed E-state index contributed by atoms with van der Waals surface area (Å²) in [6.45, 7) is 10.4. The number of rotatable bonds is 7. The van der Waals surface area contributed by atoms with Crippen LogP contribution >= 0.6 is 0 Å². The number of nitrogens with zero attached hydrogens (tertiary/aromatic N) is 5. The number of piperazine rings is 1. The normalized spacial score (nSPS) is 24.8. The summed E-state index contributed by atoms with van der Waals surface area (Å²) in [5.74, 6) is 3.72. The van der Waals surface area contributed by atoms with Gasteiger partial charge >= 0.3 is 6.03 Å². The number of urea groups is 1. The average molecular weight is 551 g/mol. The second kappa shape index (κ2) is 13.3. The molecule has 0 bridgehead atoms. The molecule has 1 saturated carbocycles. The smallest absolute Gasteiger partial charge is 0.317 e. The Hall–Kier alpha value is -2.78. The number of pyridine rings is 1. The highest BCUT2D eigenvalue weighted by Crippen LogP contribution is 2.30. The summed E-state index contributed by atoms with van der Waals surface area (Å²) in [6.07, 6.45) is 11.3. The Kier molecular flexibility index (Phi) is 9.08. The lowest BCUT2D eigenvalue weighted by Crippen LogP contribution is -2.48. The van der Waals surface area contributed by atoms with Crippen molar-refractivity contribution in [1.82, 2.24) is 20.1 Å². The lowest BCUT2D eigenvalue weighted by molar-refractivity contribution is 0.122. The fourth-order valence-electron chi connectivity index (χ4n) is 6.73. The number of hydrogen-bond donors (Lipinski definition) is 1. The van der Waals surface area contributed by atoms with Gasteiger partial charge in [0.05, 0.1) is 19.5 Å². The maximum atomic E-state index is 12.6. The van der Waals surface area contributed by atoms with Crippen molar-refractivity contribution in [3.05, 3.63) is 30.5 Å². The van der Waals surface area contributed by atoms with E-state index >= 15 is 0 Å². The van der Waals surface area contributed by atoms with E-state index in [0.29, 0.717) is 6.04 Å². The summed E-state index contributed by atoms with van der Waals surface area (Å²) < 4.78 is 11.3. The lowest BCUT2D eigenvalue weighted by Gasteiger charge is -2.37. The number of morpholine rings is 1. The van der Waals surface area contributed by atoms with Crippen molar-refractivity contribution < 1.29 is 13.9 Å². The molecule has 0 aromatic carbocycles. The van der Waals surface area contributed by atoms with Crippen molar-refractivity contribution in [1.29, 1.82) is 0 Å². The van der Waals surface area contributed by atoms with Crippen LogP contribution in [-0.2, 0) is 4.74 Å². The van der Waals surface area contributed by atoms with Gasteiger partial charge in [-0.2, -0.15) is 0 Å². The highest BCUT2D eigenvalue weighted by atomic mass is 16.5. The predicted octanol–water partition coefficient (Wildman–Crippen LogP) is 4.44. The van der Waals surface area contributed by atoms with Crippen LogP contribution in [0.3, 0.4) is 0 Å². The zero-order valence-corrected chi connectivity index (χ0v) is 23.9. The van der Waals surface area contributed by atoms with Crippen molar-refractivity contribution in [3.8, 4) is 11.3 Å². The maximum absolute atomic E-state index is 12.6. The minimum atomic E-state index is 0.169. The Labute approximate surface area is 238 Å². The summed E-state index contributed by atoms with van der Waals surface area (Å²) in [6, 6.07) is 8.83.